The van der Waals surface area contributed by atoms with Gasteiger partial charge in [-0.3, -0.25) is 0 Å². The molecule has 4 heteroatoms. The highest BCUT2D eigenvalue weighted by molar-refractivity contribution is 9.09. The van der Waals surface area contributed by atoms with Gasteiger partial charge in [-0.25, -0.2) is 0 Å². The van der Waals surface area contributed by atoms with Crippen LogP contribution in [0.4, 0.5) is 0 Å². The summed E-state index contributed by atoms with van der Waals surface area (Å²) in [5, 5.41) is 8.98. The normalized spacial score (nSPS) is 14.1. The van der Waals surface area contributed by atoms with Crippen LogP contribution in [0.5, 0.6) is 0 Å². The van der Waals surface area contributed by atoms with Crippen LogP contribution in [0.3, 0.4) is 0 Å². The Labute approximate surface area is 81.7 Å². The van der Waals surface area contributed by atoms with Crippen molar-refractivity contribution in [2.75, 3.05) is 26.1 Å². The molecule has 0 aliphatic carbocycles. The van der Waals surface area contributed by atoms with Gasteiger partial charge in [0.2, 0.25) is 0 Å². The summed E-state index contributed by atoms with van der Waals surface area (Å²) in [6, 6.07) is 0. The van der Waals surface area contributed by atoms with E-state index in [1.54, 1.807) is 0 Å². The number of aliphatic hydroxyl groups is 1. The Morgan fingerprint density at radius 1 is 1.50 bits per heavy atom. The van der Waals surface area contributed by atoms with Crippen LogP contribution in [-0.4, -0.2) is 41.8 Å². The predicted octanol–water partition coefficient (Wildman–Crippen LogP) is -2.20. The lowest BCUT2D eigenvalue weighted by atomic mass is 10.3. The average molecular weight is 277 g/mol. The molecule has 0 aromatic heterocycles. The molecule has 0 saturated carbocycles. The molecular weight excluding hydrogens is 262 g/mol. The van der Waals surface area contributed by atoms with Crippen molar-refractivity contribution >= 4 is 15.9 Å². The van der Waals surface area contributed by atoms with E-state index in [0.29, 0.717) is 0 Å². The largest absolute Gasteiger partial charge is 1.00 e. The summed E-state index contributed by atoms with van der Waals surface area (Å²) in [7, 11) is 4.14. The molecule has 0 fully saturated rings. The minimum absolute atomic E-state index is 0. The van der Waals surface area contributed by atoms with Gasteiger partial charge in [-0.15, -0.1) is 0 Å². The zero-order chi connectivity index (χ0) is 7.49. The number of rotatable bonds is 3. The smallest absolute Gasteiger partial charge is 0.134 e. The number of alkyl halides is 1. The second-order valence-electron chi connectivity index (χ2n) is 3.09. The van der Waals surface area contributed by atoms with Crippen molar-refractivity contribution in [3.8, 4) is 0 Å². The summed E-state index contributed by atoms with van der Waals surface area (Å²) in [5.74, 6) is 0. The lowest BCUT2D eigenvalue weighted by Gasteiger charge is -2.28. The van der Waals surface area contributed by atoms with E-state index in [1.165, 1.54) is 0 Å². The van der Waals surface area contributed by atoms with Crippen molar-refractivity contribution in [3.63, 3.8) is 0 Å². The zero-order valence-electron chi connectivity index (χ0n) is 6.64. The summed E-state index contributed by atoms with van der Waals surface area (Å²) in [6.07, 6.45) is -0.211. The van der Waals surface area contributed by atoms with Crippen LogP contribution in [0.25, 0.3) is 0 Å². The molecule has 1 unspecified atom stereocenters. The molecule has 64 valence electrons. The summed E-state index contributed by atoms with van der Waals surface area (Å²) in [5.41, 5.74) is 0.887. The molecule has 0 amide bonds. The third-order valence-electron chi connectivity index (χ3n) is 1.08. The monoisotopic (exact) mass is 275 g/mol. The van der Waals surface area contributed by atoms with Gasteiger partial charge in [-0.2, -0.15) is 0 Å². The number of nitrogens with zero attached hydrogens (tertiary/aromatic N) is 1. The van der Waals surface area contributed by atoms with Crippen LogP contribution in [0.15, 0.2) is 0 Å². The molecule has 0 saturated heterocycles. The fourth-order valence-corrected chi connectivity index (χ4v) is 0.969. The Balaban J connectivity index is 0. The van der Waals surface area contributed by atoms with Gasteiger partial charge in [0.25, 0.3) is 0 Å². The quantitative estimate of drug-likeness (QED) is 0.353. The standard InChI is InChI=1S/C6H15BrNO.BrH/c1-6(9)4-8(2,3)5-7;/h6,9H,4-5H2,1-3H3;1H/q+1;/p-1. The van der Waals surface area contributed by atoms with E-state index in [2.05, 4.69) is 30.0 Å². The minimum atomic E-state index is -0.211. The fourth-order valence-electron chi connectivity index (χ4n) is 0.764. The van der Waals surface area contributed by atoms with Gasteiger partial charge in [0.05, 0.1) is 14.1 Å². The minimum Gasteiger partial charge on any atom is -1.00 e. The van der Waals surface area contributed by atoms with E-state index in [4.69, 9.17) is 5.11 Å². The van der Waals surface area contributed by atoms with Gasteiger partial charge in [-0.05, 0) is 22.9 Å². The first-order chi connectivity index (χ1) is 3.98. The van der Waals surface area contributed by atoms with Gasteiger partial charge in [0, 0.05) is 0 Å². The topological polar surface area (TPSA) is 20.2 Å². The highest BCUT2D eigenvalue weighted by atomic mass is 79.9. The number of quaternary nitrogens is 1. The second-order valence-corrected chi connectivity index (χ2v) is 3.59. The highest BCUT2D eigenvalue weighted by Gasteiger charge is 2.14. The Bertz CT molecular complexity index is 85.8. The van der Waals surface area contributed by atoms with Gasteiger partial charge in [-0.1, -0.05) is 0 Å². The first kappa shape index (κ1) is 13.5. The van der Waals surface area contributed by atoms with Crippen LogP contribution in [0.2, 0.25) is 0 Å². The van der Waals surface area contributed by atoms with Crippen LogP contribution in [-0.2, 0) is 0 Å². The molecule has 10 heavy (non-hydrogen) atoms. The molecule has 0 bridgehead atoms. The lowest BCUT2D eigenvalue weighted by Crippen LogP contribution is -3.00. The predicted molar refractivity (Wildman–Crippen MR) is 42.5 cm³/mol. The Morgan fingerprint density at radius 2 is 1.90 bits per heavy atom. The molecule has 0 heterocycles. The molecule has 0 aromatic carbocycles. The van der Waals surface area contributed by atoms with Gasteiger partial charge in [0.1, 0.15) is 18.1 Å². The SMILES string of the molecule is CC(O)C[N+](C)(C)CBr.[Br-]. The van der Waals surface area contributed by atoms with E-state index in [0.717, 1.165) is 16.5 Å². The zero-order valence-corrected chi connectivity index (χ0v) is 9.81. The van der Waals surface area contributed by atoms with E-state index in [1.807, 2.05) is 6.92 Å². The van der Waals surface area contributed by atoms with Crippen molar-refractivity contribution < 1.29 is 26.6 Å². The highest BCUT2D eigenvalue weighted by Crippen LogP contribution is 2.02. The number of aliphatic hydroxyl groups excluding tert-OH is 1. The second kappa shape index (κ2) is 5.52. The molecule has 0 spiro atoms. The van der Waals surface area contributed by atoms with Crippen molar-refractivity contribution in [1.82, 2.24) is 0 Å². The van der Waals surface area contributed by atoms with Gasteiger partial charge < -0.3 is 26.6 Å². The summed E-state index contributed by atoms with van der Waals surface area (Å²) in [6.45, 7) is 2.61. The first-order valence-electron chi connectivity index (χ1n) is 3.04. The third-order valence-corrected chi connectivity index (χ3v) is 2.44. The van der Waals surface area contributed by atoms with Crippen LogP contribution >= 0.6 is 15.9 Å². The van der Waals surface area contributed by atoms with Gasteiger partial charge in [0.15, 0.2) is 0 Å². The van der Waals surface area contributed by atoms with E-state index < -0.39 is 0 Å². The molecule has 1 N–H and O–H groups in total. The first-order valence-corrected chi connectivity index (χ1v) is 4.16. The molecule has 0 aromatic rings. The van der Waals surface area contributed by atoms with Gasteiger partial charge >= 0.3 is 0 Å². The molecule has 1 atom stereocenters. The average Bonchev–Trinajstić information content (AvgIpc) is 1.63. The van der Waals surface area contributed by atoms with Crippen LogP contribution in [0.1, 0.15) is 6.92 Å². The molecule has 0 aliphatic heterocycles. The molecule has 0 rings (SSSR count). The Hall–Kier alpha value is 0.880. The summed E-state index contributed by atoms with van der Waals surface area (Å²) in [4.78, 5) is 0. The lowest BCUT2D eigenvalue weighted by molar-refractivity contribution is -0.879. The number of hydrogen-bond acceptors (Lipinski definition) is 1. The summed E-state index contributed by atoms with van der Waals surface area (Å²) >= 11 is 3.36. The fraction of sp³-hybridized carbons (Fsp3) is 1.00. The maximum absolute atomic E-state index is 8.98. The van der Waals surface area contributed by atoms with Crippen LogP contribution in [0, 0.1) is 0 Å². The maximum Gasteiger partial charge on any atom is 0.134 e. The van der Waals surface area contributed by atoms with E-state index in [9.17, 15) is 0 Å². The van der Waals surface area contributed by atoms with Crippen molar-refractivity contribution in [2.24, 2.45) is 0 Å². The number of hydrogen-bond donors (Lipinski definition) is 1. The molecule has 0 radical (unpaired) electrons. The van der Waals surface area contributed by atoms with Crippen LogP contribution < -0.4 is 17.0 Å². The molecular formula is C6H15Br2NO. The molecule has 0 aliphatic rings. The Morgan fingerprint density at radius 3 is 2.00 bits per heavy atom. The van der Waals surface area contributed by atoms with Crippen molar-refractivity contribution in [1.29, 1.82) is 0 Å². The van der Waals surface area contributed by atoms with Crippen molar-refractivity contribution in [2.45, 2.75) is 13.0 Å². The maximum atomic E-state index is 8.98. The van der Waals surface area contributed by atoms with E-state index in [-0.39, 0.29) is 23.1 Å². The Kier molecular flexibility index (Phi) is 7.43. The van der Waals surface area contributed by atoms with E-state index >= 15 is 0 Å². The third kappa shape index (κ3) is 6.99. The molecule has 2 nitrogen and oxygen atoms in total. The number of likely N-dealkylation sites (N-methyl/N-ethyl adjacent to an activating group) is 1. The number of halogens is 2. The van der Waals surface area contributed by atoms with Crippen molar-refractivity contribution in [3.05, 3.63) is 0 Å². The summed E-state index contributed by atoms with van der Waals surface area (Å²) < 4.78 is 0.817.